The number of carboxylic acid groups (broad SMARTS) is 1. The highest BCUT2D eigenvalue weighted by molar-refractivity contribution is 7.47. The number of aliphatic hydroxyl groups excluding tert-OH is 1. The zero-order valence-electron chi connectivity index (χ0n) is 39.2. The van der Waals surface area contributed by atoms with Gasteiger partial charge in [-0.05, 0) is 38.5 Å². The number of unbranched alkanes of at least 4 members (excludes halogenated alkanes) is 32. The Hall–Kier alpha value is -1.78. The maximum Gasteiger partial charge on any atom is 0.472 e. The van der Waals surface area contributed by atoms with E-state index in [9.17, 15) is 34.1 Å². The van der Waals surface area contributed by atoms with Gasteiger partial charge in [-0.15, -0.1) is 0 Å². The lowest BCUT2D eigenvalue weighted by atomic mass is 10.0. The first kappa shape index (κ1) is 59.2. The van der Waals surface area contributed by atoms with Crippen molar-refractivity contribution >= 4 is 25.7 Å². The van der Waals surface area contributed by atoms with Crippen LogP contribution in [0.5, 0.6) is 0 Å². The summed E-state index contributed by atoms with van der Waals surface area (Å²) in [6.45, 7) is 2.63. The Labute approximate surface area is 373 Å². The SMILES string of the molecule is CCCCCCCC/C=C/CCCCCCCCCCCCCCCC(=O)NC(COP(=O)(O)OCC(O)COC(=O)CCCCCCCCCCCCCCCC)C(=O)O. The molecular formula is C49H94NO10P. The minimum absolute atomic E-state index is 0.150. The van der Waals surface area contributed by atoms with Gasteiger partial charge in [-0.1, -0.05) is 212 Å². The molecule has 3 atom stereocenters. The Morgan fingerprint density at radius 2 is 0.852 bits per heavy atom. The van der Waals surface area contributed by atoms with Crippen LogP contribution in [0.15, 0.2) is 12.2 Å². The van der Waals surface area contributed by atoms with Gasteiger partial charge in [-0.3, -0.25) is 18.6 Å². The molecule has 11 nitrogen and oxygen atoms in total. The second-order valence-corrected chi connectivity index (χ2v) is 18.8. The van der Waals surface area contributed by atoms with E-state index >= 15 is 0 Å². The van der Waals surface area contributed by atoms with E-state index in [1.165, 1.54) is 173 Å². The van der Waals surface area contributed by atoms with E-state index in [0.717, 1.165) is 38.5 Å². The average Bonchev–Trinajstić information content (AvgIpc) is 3.24. The number of carbonyl (C=O) groups is 3. The van der Waals surface area contributed by atoms with E-state index in [1.54, 1.807) is 0 Å². The van der Waals surface area contributed by atoms with Crippen LogP contribution in [-0.2, 0) is 32.7 Å². The number of aliphatic hydroxyl groups is 1. The van der Waals surface area contributed by atoms with Crippen molar-refractivity contribution < 1.29 is 47.8 Å². The topological polar surface area (TPSA) is 169 Å². The van der Waals surface area contributed by atoms with E-state index in [0.29, 0.717) is 12.8 Å². The summed E-state index contributed by atoms with van der Waals surface area (Å²) in [5.41, 5.74) is 0. The van der Waals surface area contributed by atoms with Gasteiger partial charge in [-0.2, -0.15) is 0 Å². The summed E-state index contributed by atoms with van der Waals surface area (Å²) in [4.78, 5) is 46.1. The lowest BCUT2D eigenvalue weighted by molar-refractivity contribution is -0.147. The molecule has 0 aliphatic heterocycles. The van der Waals surface area contributed by atoms with Crippen molar-refractivity contribution in [2.24, 2.45) is 0 Å². The van der Waals surface area contributed by atoms with Gasteiger partial charge in [0.15, 0.2) is 6.04 Å². The van der Waals surface area contributed by atoms with E-state index in [2.05, 4.69) is 31.3 Å². The summed E-state index contributed by atoms with van der Waals surface area (Å²) >= 11 is 0. The first-order chi connectivity index (χ1) is 29.6. The van der Waals surface area contributed by atoms with Crippen LogP contribution < -0.4 is 5.32 Å². The second-order valence-electron chi connectivity index (χ2n) is 17.4. The van der Waals surface area contributed by atoms with E-state index in [-0.39, 0.29) is 12.8 Å². The summed E-state index contributed by atoms with van der Waals surface area (Å²) in [5, 5.41) is 21.9. The molecule has 0 bridgehead atoms. The third kappa shape index (κ3) is 44.6. The Bertz CT molecular complexity index is 1090. The zero-order valence-corrected chi connectivity index (χ0v) is 40.1. The summed E-state index contributed by atoms with van der Waals surface area (Å²) in [6.07, 6.45) is 46.6. The standard InChI is InChI=1S/C49H94NO10P/c1-3-5-7-9-11-13-15-17-19-20-21-22-23-24-25-26-27-28-30-32-34-36-38-40-47(52)50-46(49(54)55)44-60-61(56,57)59-43-45(51)42-58-48(53)41-39-37-35-33-31-29-18-16-14-12-10-8-6-4-2/h17,19,45-46,51H,3-16,18,20-44H2,1-2H3,(H,50,52)(H,54,55)(H,56,57)/b19-17+. The van der Waals surface area contributed by atoms with E-state index in [4.69, 9.17) is 13.8 Å². The van der Waals surface area contributed by atoms with Gasteiger partial charge in [0.1, 0.15) is 12.7 Å². The molecule has 0 saturated carbocycles. The van der Waals surface area contributed by atoms with Gasteiger partial charge in [-0.25, -0.2) is 9.36 Å². The van der Waals surface area contributed by atoms with Gasteiger partial charge in [0.05, 0.1) is 13.2 Å². The van der Waals surface area contributed by atoms with Crippen molar-refractivity contribution in [2.45, 2.75) is 264 Å². The molecule has 360 valence electrons. The summed E-state index contributed by atoms with van der Waals surface area (Å²) in [7, 11) is -4.75. The fourth-order valence-corrected chi connectivity index (χ4v) is 8.14. The monoisotopic (exact) mass is 888 g/mol. The van der Waals surface area contributed by atoms with Gasteiger partial charge < -0.3 is 25.2 Å². The van der Waals surface area contributed by atoms with Crippen molar-refractivity contribution in [3.8, 4) is 0 Å². The van der Waals surface area contributed by atoms with Gasteiger partial charge >= 0.3 is 19.8 Å². The maximum absolute atomic E-state index is 12.4. The highest BCUT2D eigenvalue weighted by atomic mass is 31.2. The number of ether oxygens (including phenoxy) is 1. The molecule has 0 saturated heterocycles. The van der Waals surface area contributed by atoms with Crippen molar-refractivity contribution in [2.75, 3.05) is 19.8 Å². The maximum atomic E-state index is 12.4. The number of phosphoric ester groups is 1. The number of allylic oxidation sites excluding steroid dienone is 2. The van der Waals surface area contributed by atoms with Gasteiger partial charge in [0, 0.05) is 12.8 Å². The molecule has 0 aliphatic carbocycles. The highest BCUT2D eigenvalue weighted by Crippen LogP contribution is 2.43. The summed E-state index contributed by atoms with van der Waals surface area (Å²) < 4.78 is 26.9. The zero-order chi connectivity index (χ0) is 44.9. The van der Waals surface area contributed by atoms with Crippen molar-refractivity contribution in [1.82, 2.24) is 5.32 Å². The van der Waals surface area contributed by atoms with Crippen LogP contribution in [0, 0.1) is 0 Å². The molecule has 1 amide bonds. The van der Waals surface area contributed by atoms with E-state index in [1.807, 2.05) is 0 Å². The van der Waals surface area contributed by atoms with Crippen LogP contribution in [0.2, 0.25) is 0 Å². The number of amides is 1. The molecular weight excluding hydrogens is 794 g/mol. The first-order valence-corrected chi connectivity index (χ1v) is 26.7. The molecule has 0 fully saturated rings. The fraction of sp³-hybridized carbons (Fsp3) is 0.898. The van der Waals surface area contributed by atoms with Crippen LogP contribution >= 0.6 is 7.82 Å². The fourth-order valence-electron chi connectivity index (χ4n) is 7.37. The molecule has 4 N–H and O–H groups in total. The quantitative estimate of drug-likeness (QED) is 0.0200. The molecule has 0 radical (unpaired) electrons. The molecule has 0 aromatic heterocycles. The van der Waals surface area contributed by atoms with Crippen LogP contribution in [0.4, 0.5) is 0 Å². The van der Waals surface area contributed by atoms with E-state index < -0.39 is 57.6 Å². The largest absolute Gasteiger partial charge is 0.480 e. The Morgan fingerprint density at radius 1 is 0.508 bits per heavy atom. The normalized spacial score (nSPS) is 13.6. The highest BCUT2D eigenvalue weighted by Gasteiger charge is 2.28. The molecule has 12 heteroatoms. The Morgan fingerprint density at radius 3 is 1.25 bits per heavy atom. The first-order valence-electron chi connectivity index (χ1n) is 25.2. The minimum Gasteiger partial charge on any atom is -0.480 e. The number of hydrogen-bond donors (Lipinski definition) is 4. The predicted octanol–water partition coefficient (Wildman–Crippen LogP) is 13.6. The predicted molar refractivity (Wildman–Crippen MR) is 250 cm³/mol. The number of esters is 1. The minimum atomic E-state index is -4.75. The molecule has 61 heavy (non-hydrogen) atoms. The van der Waals surface area contributed by atoms with Crippen molar-refractivity contribution in [3.05, 3.63) is 12.2 Å². The summed E-state index contributed by atoms with van der Waals surface area (Å²) in [5.74, 6) is -2.35. The van der Waals surface area contributed by atoms with Crippen molar-refractivity contribution in [1.29, 1.82) is 0 Å². The number of phosphoric acid groups is 1. The molecule has 0 aliphatic rings. The third-order valence-electron chi connectivity index (χ3n) is 11.3. The van der Waals surface area contributed by atoms with Crippen LogP contribution in [0.3, 0.4) is 0 Å². The van der Waals surface area contributed by atoms with Gasteiger partial charge in [0.2, 0.25) is 5.91 Å². The number of carbonyl (C=O) groups excluding carboxylic acids is 2. The average molecular weight is 888 g/mol. The van der Waals surface area contributed by atoms with Crippen LogP contribution in [0.1, 0.15) is 251 Å². The third-order valence-corrected chi connectivity index (χ3v) is 12.3. The molecule has 0 rings (SSSR count). The number of nitrogens with one attached hydrogen (secondary N) is 1. The molecule has 0 aromatic rings. The second kappa shape index (κ2) is 44.8. The lowest BCUT2D eigenvalue weighted by Crippen LogP contribution is -2.43. The van der Waals surface area contributed by atoms with Crippen LogP contribution in [-0.4, -0.2) is 64.9 Å². The van der Waals surface area contributed by atoms with Crippen molar-refractivity contribution in [3.63, 3.8) is 0 Å². The Balaban J connectivity index is 3.80. The number of hydrogen-bond acceptors (Lipinski definition) is 8. The molecule has 0 heterocycles. The smallest absolute Gasteiger partial charge is 0.472 e. The van der Waals surface area contributed by atoms with Crippen LogP contribution in [0.25, 0.3) is 0 Å². The number of aliphatic carboxylic acids is 1. The number of rotatable bonds is 48. The Kier molecular flexibility index (Phi) is 43.5. The summed E-state index contributed by atoms with van der Waals surface area (Å²) in [6, 6.07) is -1.54. The molecule has 3 unspecified atom stereocenters. The molecule has 0 spiro atoms. The molecule has 0 aromatic carbocycles. The number of carboxylic acids is 1. The lowest BCUT2D eigenvalue weighted by Gasteiger charge is -2.18. The van der Waals surface area contributed by atoms with Gasteiger partial charge in [0.25, 0.3) is 0 Å².